The Morgan fingerprint density at radius 3 is 2.47 bits per heavy atom. The molecular weight excluding hydrogens is 446 g/mol. The van der Waals surface area contributed by atoms with Crippen molar-refractivity contribution in [1.29, 1.82) is 0 Å². The summed E-state index contributed by atoms with van der Waals surface area (Å²) in [6.45, 7) is 6.56. The highest BCUT2D eigenvalue weighted by Gasteiger charge is 2.37. The molecule has 0 bridgehead atoms. The molecule has 2 heterocycles. The zero-order chi connectivity index (χ0) is 22.1. The van der Waals surface area contributed by atoms with E-state index >= 15 is 0 Å². The predicted octanol–water partition coefficient (Wildman–Crippen LogP) is 2.94. The number of halogens is 1. The standard InChI is InChI=1S/C20H28ClN3O4S2/c1-20(2,3)22-18(25)16-12-29-13-24(16)19(26)14-7-8-15(21)17(11-14)30(27,28)23-9-5-4-6-10-23/h7-8,11,16H,4-6,9-10,12-13H2,1-3H3,(H,22,25). The van der Waals surface area contributed by atoms with Crippen LogP contribution in [0.15, 0.2) is 23.1 Å². The van der Waals surface area contributed by atoms with Crippen molar-refractivity contribution in [3.63, 3.8) is 0 Å². The Bertz CT molecular complexity index is 924. The minimum atomic E-state index is -3.78. The summed E-state index contributed by atoms with van der Waals surface area (Å²) in [5.41, 5.74) is -0.194. The number of benzene rings is 1. The van der Waals surface area contributed by atoms with E-state index in [0.29, 0.717) is 24.7 Å². The molecule has 1 aromatic rings. The Morgan fingerprint density at radius 2 is 1.83 bits per heavy atom. The molecule has 2 fully saturated rings. The van der Waals surface area contributed by atoms with Gasteiger partial charge in [-0.1, -0.05) is 18.0 Å². The second kappa shape index (κ2) is 9.06. The van der Waals surface area contributed by atoms with Crippen LogP contribution in [0.5, 0.6) is 0 Å². The number of rotatable bonds is 4. The molecule has 2 amide bonds. The molecule has 7 nitrogen and oxygen atoms in total. The number of sulfonamides is 1. The normalized spacial score (nSPS) is 20.9. The molecule has 1 aromatic carbocycles. The van der Waals surface area contributed by atoms with Crippen molar-refractivity contribution in [3.8, 4) is 0 Å². The van der Waals surface area contributed by atoms with Crippen molar-refractivity contribution in [2.75, 3.05) is 24.7 Å². The van der Waals surface area contributed by atoms with Crippen LogP contribution in [-0.2, 0) is 14.8 Å². The maximum Gasteiger partial charge on any atom is 0.255 e. The van der Waals surface area contributed by atoms with Gasteiger partial charge in [0.2, 0.25) is 15.9 Å². The van der Waals surface area contributed by atoms with Crippen LogP contribution in [0.25, 0.3) is 0 Å². The van der Waals surface area contributed by atoms with Gasteiger partial charge in [0.05, 0.1) is 10.9 Å². The van der Waals surface area contributed by atoms with Gasteiger partial charge in [0, 0.05) is 29.9 Å². The van der Waals surface area contributed by atoms with E-state index in [1.165, 1.54) is 39.2 Å². The minimum Gasteiger partial charge on any atom is -0.350 e. The Labute approximate surface area is 187 Å². The van der Waals surface area contributed by atoms with Gasteiger partial charge in [-0.25, -0.2) is 8.42 Å². The summed E-state index contributed by atoms with van der Waals surface area (Å²) < 4.78 is 27.6. The molecule has 0 aliphatic carbocycles. The lowest BCUT2D eigenvalue weighted by Crippen LogP contribution is -2.52. The molecule has 166 valence electrons. The van der Waals surface area contributed by atoms with Gasteiger partial charge in [0.1, 0.15) is 10.9 Å². The molecule has 1 N–H and O–H groups in total. The quantitative estimate of drug-likeness (QED) is 0.726. The van der Waals surface area contributed by atoms with Crippen molar-refractivity contribution in [1.82, 2.24) is 14.5 Å². The number of nitrogens with zero attached hydrogens (tertiary/aromatic N) is 2. The lowest BCUT2D eigenvalue weighted by atomic mass is 10.1. The monoisotopic (exact) mass is 473 g/mol. The smallest absolute Gasteiger partial charge is 0.255 e. The fourth-order valence-electron chi connectivity index (χ4n) is 3.56. The van der Waals surface area contributed by atoms with Crippen molar-refractivity contribution >= 4 is 45.2 Å². The first-order valence-electron chi connectivity index (χ1n) is 10.0. The summed E-state index contributed by atoms with van der Waals surface area (Å²) in [5, 5.41) is 3.01. The maximum absolute atomic E-state index is 13.2. The van der Waals surface area contributed by atoms with Crippen LogP contribution in [0.1, 0.15) is 50.4 Å². The van der Waals surface area contributed by atoms with Gasteiger partial charge < -0.3 is 10.2 Å². The van der Waals surface area contributed by atoms with E-state index < -0.39 is 21.6 Å². The lowest BCUT2D eigenvalue weighted by molar-refractivity contribution is -0.125. The molecule has 2 aliphatic rings. The van der Waals surface area contributed by atoms with Crippen molar-refractivity contribution in [2.45, 2.75) is 56.5 Å². The summed E-state index contributed by atoms with van der Waals surface area (Å²) in [7, 11) is -3.78. The van der Waals surface area contributed by atoms with Gasteiger partial charge in [-0.2, -0.15) is 4.31 Å². The van der Waals surface area contributed by atoms with E-state index in [9.17, 15) is 18.0 Å². The SMILES string of the molecule is CC(C)(C)NC(=O)C1CSCN1C(=O)c1ccc(Cl)c(S(=O)(=O)N2CCCCC2)c1. The van der Waals surface area contributed by atoms with Crippen LogP contribution in [0, 0.1) is 0 Å². The van der Waals surface area contributed by atoms with Crippen LogP contribution in [0.3, 0.4) is 0 Å². The van der Waals surface area contributed by atoms with Gasteiger partial charge in [0.15, 0.2) is 0 Å². The first kappa shape index (κ1) is 23.4. The second-order valence-corrected chi connectivity index (χ2v) is 12.0. The van der Waals surface area contributed by atoms with Crippen LogP contribution >= 0.6 is 23.4 Å². The molecule has 1 unspecified atom stereocenters. The molecule has 0 radical (unpaired) electrons. The minimum absolute atomic E-state index is 0.0561. The molecule has 2 aliphatic heterocycles. The summed E-state index contributed by atoms with van der Waals surface area (Å²) in [5.74, 6) is 0.287. The van der Waals surface area contributed by atoms with E-state index in [4.69, 9.17) is 11.6 Å². The van der Waals surface area contributed by atoms with Gasteiger partial charge >= 0.3 is 0 Å². The molecule has 10 heteroatoms. The number of carbonyl (C=O) groups is 2. The van der Waals surface area contributed by atoms with Gasteiger partial charge in [-0.05, 0) is 51.8 Å². The summed E-state index contributed by atoms with van der Waals surface area (Å²) in [6.07, 6.45) is 2.62. The Hall–Kier alpha value is -1.29. The van der Waals surface area contributed by atoms with Crippen molar-refractivity contribution < 1.29 is 18.0 Å². The summed E-state index contributed by atoms with van der Waals surface area (Å²) >= 11 is 7.71. The molecule has 30 heavy (non-hydrogen) atoms. The number of amides is 2. The topological polar surface area (TPSA) is 86.8 Å². The highest BCUT2D eigenvalue weighted by atomic mass is 35.5. The Balaban J connectivity index is 1.86. The predicted molar refractivity (Wildman–Crippen MR) is 119 cm³/mol. The number of hydrogen-bond acceptors (Lipinski definition) is 5. The first-order valence-corrected chi connectivity index (χ1v) is 13.0. The second-order valence-electron chi connectivity index (χ2n) is 8.64. The molecule has 0 spiro atoms. The van der Waals surface area contributed by atoms with Crippen molar-refractivity contribution in [3.05, 3.63) is 28.8 Å². The molecule has 1 atom stereocenters. The van der Waals surface area contributed by atoms with Crippen LogP contribution in [0.2, 0.25) is 5.02 Å². The van der Waals surface area contributed by atoms with Crippen molar-refractivity contribution in [2.24, 2.45) is 0 Å². The fraction of sp³-hybridized carbons (Fsp3) is 0.600. The van der Waals surface area contributed by atoms with E-state index in [-0.39, 0.29) is 27.3 Å². The molecule has 0 saturated carbocycles. The third-order valence-electron chi connectivity index (χ3n) is 5.06. The number of carbonyl (C=O) groups excluding carboxylic acids is 2. The Kier molecular flexibility index (Phi) is 7.06. The van der Waals surface area contributed by atoms with E-state index in [1.54, 1.807) is 0 Å². The number of piperidine rings is 1. The van der Waals surface area contributed by atoms with Gasteiger partial charge in [-0.15, -0.1) is 11.8 Å². The maximum atomic E-state index is 13.2. The third-order valence-corrected chi connectivity index (χ3v) is 8.45. The summed E-state index contributed by atoms with van der Waals surface area (Å²) in [4.78, 5) is 27.3. The Morgan fingerprint density at radius 1 is 1.17 bits per heavy atom. The lowest BCUT2D eigenvalue weighted by Gasteiger charge is -2.28. The highest BCUT2D eigenvalue weighted by Crippen LogP contribution is 2.30. The number of thioether (sulfide) groups is 1. The van der Waals surface area contributed by atoms with E-state index in [1.807, 2.05) is 20.8 Å². The highest BCUT2D eigenvalue weighted by molar-refractivity contribution is 7.99. The molecule has 3 rings (SSSR count). The van der Waals surface area contributed by atoms with Crippen LogP contribution in [0.4, 0.5) is 0 Å². The molecule has 2 saturated heterocycles. The largest absolute Gasteiger partial charge is 0.350 e. The van der Waals surface area contributed by atoms with Gasteiger partial charge in [-0.3, -0.25) is 9.59 Å². The fourth-order valence-corrected chi connectivity index (χ4v) is 6.73. The van der Waals surface area contributed by atoms with Gasteiger partial charge in [0.25, 0.3) is 5.91 Å². The molecular formula is C20H28ClN3O4S2. The summed E-state index contributed by atoms with van der Waals surface area (Å²) in [6, 6.07) is 3.70. The number of hydrogen-bond donors (Lipinski definition) is 1. The number of nitrogens with one attached hydrogen (secondary N) is 1. The van der Waals surface area contributed by atoms with E-state index in [2.05, 4.69) is 5.32 Å². The zero-order valence-corrected chi connectivity index (χ0v) is 19.9. The van der Waals surface area contributed by atoms with E-state index in [0.717, 1.165) is 19.3 Å². The third kappa shape index (κ3) is 5.12. The average Bonchev–Trinajstić information content (AvgIpc) is 3.17. The van der Waals surface area contributed by atoms with Crippen LogP contribution < -0.4 is 5.32 Å². The molecule has 0 aromatic heterocycles. The van der Waals surface area contributed by atoms with Crippen LogP contribution in [-0.4, -0.2) is 65.7 Å². The average molecular weight is 474 g/mol. The zero-order valence-electron chi connectivity index (χ0n) is 17.5. The first-order chi connectivity index (χ1) is 14.0.